The lowest BCUT2D eigenvalue weighted by atomic mass is 10.1. The van der Waals surface area contributed by atoms with Gasteiger partial charge in [0.1, 0.15) is 0 Å². The number of hydrogen-bond acceptors (Lipinski definition) is 2. The number of H-pyrrole nitrogens is 1. The van der Waals surface area contributed by atoms with Crippen LogP contribution in [0.5, 0.6) is 0 Å². The van der Waals surface area contributed by atoms with Crippen molar-refractivity contribution in [2.75, 3.05) is 0 Å². The maximum Gasteiger partial charge on any atom is 0.0695 e. The maximum atomic E-state index is 4.12. The van der Waals surface area contributed by atoms with E-state index in [9.17, 15) is 0 Å². The molecule has 0 aliphatic heterocycles. The number of aromatic amines is 1. The molecular formula is C13H16BrN3. The lowest BCUT2D eigenvalue weighted by molar-refractivity contribution is 0.589. The van der Waals surface area contributed by atoms with Crippen molar-refractivity contribution >= 4 is 15.9 Å². The molecule has 0 saturated carbocycles. The van der Waals surface area contributed by atoms with E-state index in [0.717, 1.165) is 22.3 Å². The van der Waals surface area contributed by atoms with Gasteiger partial charge in [-0.2, -0.15) is 5.10 Å². The topological polar surface area (TPSA) is 40.7 Å². The minimum absolute atomic E-state index is 0.475. The van der Waals surface area contributed by atoms with Gasteiger partial charge in [-0.05, 0) is 17.7 Å². The van der Waals surface area contributed by atoms with Gasteiger partial charge in [0.25, 0.3) is 0 Å². The van der Waals surface area contributed by atoms with E-state index in [1.54, 1.807) is 0 Å². The molecule has 0 bridgehead atoms. The van der Waals surface area contributed by atoms with Crippen LogP contribution < -0.4 is 5.32 Å². The first-order valence-electron chi connectivity index (χ1n) is 5.68. The Kier molecular flexibility index (Phi) is 3.97. The third-order valence-corrected chi connectivity index (χ3v) is 3.08. The number of halogens is 1. The first-order valence-corrected chi connectivity index (χ1v) is 6.47. The molecule has 0 radical (unpaired) electrons. The number of aromatic nitrogens is 2. The summed E-state index contributed by atoms with van der Waals surface area (Å²) in [6.07, 6.45) is 1.88. The molecule has 0 spiro atoms. The number of nitrogens with zero attached hydrogens (tertiary/aromatic N) is 1. The summed E-state index contributed by atoms with van der Waals surface area (Å²) in [4.78, 5) is 0. The Morgan fingerprint density at radius 2 is 2.00 bits per heavy atom. The SMILES string of the molecule is CC(C)NCc1cn[nH]c1-c1ccc(Br)cc1. The van der Waals surface area contributed by atoms with E-state index in [4.69, 9.17) is 0 Å². The smallest absolute Gasteiger partial charge is 0.0695 e. The monoisotopic (exact) mass is 293 g/mol. The zero-order valence-corrected chi connectivity index (χ0v) is 11.6. The molecule has 17 heavy (non-hydrogen) atoms. The second-order valence-corrected chi connectivity index (χ2v) is 5.23. The molecule has 2 rings (SSSR count). The fourth-order valence-electron chi connectivity index (χ4n) is 1.63. The minimum atomic E-state index is 0.475. The average molecular weight is 294 g/mol. The predicted octanol–water partition coefficient (Wildman–Crippen LogP) is 3.34. The first kappa shape index (κ1) is 12.3. The summed E-state index contributed by atoms with van der Waals surface area (Å²) in [7, 11) is 0. The van der Waals surface area contributed by atoms with E-state index < -0.39 is 0 Å². The second kappa shape index (κ2) is 5.47. The number of rotatable bonds is 4. The molecule has 0 unspecified atom stereocenters. The highest BCUT2D eigenvalue weighted by Gasteiger charge is 2.07. The fourth-order valence-corrected chi connectivity index (χ4v) is 1.89. The third-order valence-electron chi connectivity index (χ3n) is 2.55. The average Bonchev–Trinajstić information content (AvgIpc) is 2.75. The summed E-state index contributed by atoms with van der Waals surface area (Å²) in [5, 5.41) is 10.6. The van der Waals surface area contributed by atoms with Crippen LogP contribution in [0.2, 0.25) is 0 Å². The molecule has 2 aromatic rings. The lowest BCUT2D eigenvalue weighted by Crippen LogP contribution is -2.21. The molecule has 2 N–H and O–H groups in total. The Morgan fingerprint density at radius 3 is 2.65 bits per heavy atom. The summed E-state index contributed by atoms with van der Waals surface area (Å²) >= 11 is 3.44. The molecule has 3 nitrogen and oxygen atoms in total. The molecule has 0 saturated heterocycles. The Hall–Kier alpha value is -1.13. The van der Waals surface area contributed by atoms with E-state index in [-0.39, 0.29) is 0 Å². The number of nitrogens with one attached hydrogen (secondary N) is 2. The lowest BCUT2D eigenvalue weighted by Gasteiger charge is -2.08. The Bertz CT molecular complexity index is 474. The van der Waals surface area contributed by atoms with Crippen LogP contribution in [-0.2, 0) is 6.54 Å². The van der Waals surface area contributed by atoms with Crippen LogP contribution in [0, 0.1) is 0 Å². The fraction of sp³-hybridized carbons (Fsp3) is 0.308. The molecule has 0 amide bonds. The van der Waals surface area contributed by atoms with E-state index in [0.29, 0.717) is 6.04 Å². The van der Waals surface area contributed by atoms with Gasteiger partial charge in [0.2, 0.25) is 0 Å². The molecule has 1 aromatic heterocycles. The van der Waals surface area contributed by atoms with Crippen molar-refractivity contribution in [3.63, 3.8) is 0 Å². The van der Waals surface area contributed by atoms with Gasteiger partial charge in [-0.25, -0.2) is 0 Å². The molecule has 1 aromatic carbocycles. The summed E-state index contributed by atoms with van der Waals surface area (Å²) in [6.45, 7) is 5.11. The van der Waals surface area contributed by atoms with Crippen molar-refractivity contribution in [1.82, 2.24) is 15.5 Å². The minimum Gasteiger partial charge on any atom is -0.310 e. The van der Waals surface area contributed by atoms with Gasteiger partial charge in [0, 0.05) is 22.6 Å². The molecule has 0 atom stereocenters. The predicted molar refractivity (Wildman–Crippen MR) is 73.7 cm³/mol. The highest BCUT2D eigenvalue weighted by atomic mass is 79.9. The highest BCUT2D eigenvalue weighted by molar-refractivity contribution is 9.10. The van der Waals surface area contributed by atoms with Crippen LogP contribution in [0.3, 0.4) is 0 Å². The summed E-state index contributed by atoms with van der Waals surface area (Å²) in [6, 6.07) is 8.71. The van der Waals surface area contributed by atoms with Gasteiger partial charge in [-0.3, -0.25) is 5.10 Å². The zero-order chi connectivity index (χ0) is 12.3. The zero-order valence-electron chi connectivity index (χ0n) is 10.00. The van der Waals surface area contributed by atoms with Crippen LogP contribution >= 0.6 is 15.9 Å². The number of benzene rings is 1. The van der Waals surface area contributed by atoms with Gasteiger partial charge in [-0.15, -0.1) is 0 Å². The quantitative estimate of drug-likeness (QED) is 0.908. The normalized spacial score (nSPS) is 11.1. The second-order valence-electron chi connectivity index (χ2n) is 4.31. The van der Waals surface area contributed by atoms with E-state index in [1.807, 2.05) is 18.3 Å². The van der Waals surface area contributed by atoms with Crippen LogP contribution in [0.1, 0.15) is 19.4 Å². The summed E-state index contributed by atoms with van der Waals surface area (Å²) in [5.41, 5.74) is 3.44. The van der Waals surface area contributed by atoms with E-state index in [2.05, 4.69) is 57.4 Å². The van der Waals surface area contributed by atoms with Gasteiger partial charge in [0.15, 0.2) is 0 Å². The van der Waals surface area contributed by atoms with Crippen LogP contribution in [-0.4, -0.2) is 16.2 Å². The van der Waals surface area contributed by atoms with Crippen molar-refractivity contribution in [3.05, 3.63) is 40.5 Å². The van der Waals surface area contributed by atoms with Crippen molar-refractivity contribution in [2.45, 2.75) is 26.4 Å². The molecule has 4 heteroatoms. The molecule has 0 aliphatic carbocycles. The standard InChI is InChI=1S/C13H16BrN3/c1-9(2)15-7-11-8-16-17-13(11)10-3-5-12(14)6-4-10/h3-6,8-9,15H,7H2,1-2H3,(H,16,17). The molecular weight excluding hydrogens is 278 g/mol. The van der Waals surface area contributed by atoms with E-state index in [1.165, 1.54) is 5.56 Å². The van der Waals surface area contributed by atoms with Crippen LogP contribution in [0.4, 0.5) is 0 Å². The summed E-state index contributed by atoms with van der Waals surface area (Å²) < 4.78 is 1.09. The highest BCUT2D eigenvalue weighted by Crippen LogP contribution is 2.22. The largest absolute Gasteiger partial charge is 0.310 e. The Balaban J connectivity index is 2.21. The Morgan fingerprint density at radius 1 is 1.29 bits per heavy atom. The van der Waals surface area contributed by atoms with Crippen molar-refractivity contribution in [1.29, 1.82) is 0 Å². The first-order chi connectivity index (χ1) is 8.16. The van der Waals surface area contributed by atoms with Gasteiger partial charge < -0.3 is 5.32 Å². The van der Waals surface area contributed by atoms with Crippen LogP contribution in [0.25, 0.3) is 11.3 Å². The van der Waals surface area contributed by atoms with Crippen molar-refractivity contribution in [2.24, 2.45) is 0 Å². The van der Waals surface area contributed by atoms with Crippen molar-refractivity contribution in [3.8, 4) is 11.3 Å². The summed E-state index contributed by atoms with van der Waals surface area (Å²) in [5.74, 6) is 0. The third kappa shape index (κ3) is 3.17. The molecule has 0 fully saturated rings. The molecule has 90 valence electrons. The molecule has 1 heterocycles. The van der Waals surface area contributed by atoms with E-state index >= 15 is 0 Å². The Labute approximate surface area is 110 Å². The van der Waals surface area contributed by atoms with Crippen molar-refractivity contribution < 1.29 is 0 Å². The van der Waals surface area contributed by atoms with Crippen LogP contribution in [0.15, 0.2) is 34.9 Å². The van der Waals surface area contributed by atoms with Gasteiger partial charge >= 0.3 is 0 Å². The number of hydrogen-bond donors (Lipinski definition) is 2. The van der Waals surface area contributed by atoms with Gasteiger partial charge in [-0.1, -0.05) is 41.9 Å². The molecule has 0 aliphatic rings. The maximum absolute atomic E-state index is 4.12. The van der Waals surface area contributed by atoms with Gasteiger partial charge in [0.05, 0.1) is 11.9 Å².